The molecule has 7 rings (SSSR count). The molecule has 0 bridgehead atoms. The summed E-state index contributed by atoms with van der Waals surface area (Å²) in [7, 11) is 0. The largest absolute Gasteiger partial charge is 0.213 e. The molecule has 0 atom stereocenters. The van der Waals surface area contributed by atoms with Gasteiger partial charge in [0.15, 0.2) is 11.6 Å². The fourth-order valence-electron chi connectivity index (χ4n) is 5.37. The van der Waals surface area contributed by atoms with Gasteiger partial charge in [-0.2, -0.15) is 0 Å². The highest BCUT2D eigenvalue weighted by Crippen LogP contribution is 2.33. The van der Waals surface area contributed by atoms with Crippen LogP contribution in [0.25, 0.3) is 66.9 Å². The molecule has 0 saturated carbocycles. The van der Waals surface area contributed by atoms with Gasteiger partial charge in [0.25, 0.3) is 0 Å². The molecule has 1 aromatic heterocycles. The van der Waals surface area contributed by atoms with Crippen LogP contribution in [0, 0.1) is 6.92 Å². The zero-order valence-corrected chi connectivity index (χ0v) is 22.7. The summed E-state index contributed by atoms with van der Waals surface area (Å²) in [5.41, 5.74) is 8.87. The Morgan fingerprint density at radius 3 is 1.54 bits per heavy atom. The average molecular weight is 526 g/mol. The molecule has 3 nitrogen and oxygen atoms in total. The van der Waals surface area contributed by atoms with E-state index < -0.39 is 0 Å². The van der Waals surface area contributed by atoms with Gasteiger partial charge in [0.2, 0.25) is 0 Å². The maximum atomic E-state index is 4.97. The molecule has 0 radical (unpaired) electrons. The highest BCUT2D eigenvalue weighted by atomic mass is 15.0. The summed E-state index contributed by atoms with van der Waals surface area (Å²) in [5.74, 6) is 2.03. The smallest absolute Gasteiger partial charge is 0.163 e. The minimum atomic E-state index is 0.667. The molecule has 0 aliphatic heterocycles. The fourth-order valence-corrected chi connectivity index (χ4v) is 5.37. The van der Waals surface area contributed by atoms with Crippen molar-refractivity contribution in [3.63, 3.8) is 0 Å². The van der Waals surface area contributed by atoms with E-state index in [1.165, 1.54) is 21.9 Å². The first-order valence-corrected chi connectivity index (χ1v) is 13.8. The highest BCUT2D eigenvalue weighted by molar-refractivity contribution is 5.96. The molecule has 41 heavy (non-hydrogen) atoms. The van der Waals surface area contributed by atoms with Crippen LogP contribution in [0.4, 0.5) is 0 Å². The minimum absolute atomic E-state index is 0.667. The SMILES string of the molecule is Cc1nc(-c2ccc(-c3cccc4ccccc34)cc2)nc(-c2cc(-c3ccccc3)cc(-c3ccccc3)c2)n1. The van der Waals surface area contributed by atoms with Gasteiger partial charge >= 0.3 is 0 Å². The first-order chi connectivity index (χ1) is 20.2. The van der Waals surface area contributed by atoms with Crippen LogP contribution in [-0.2, 0) is 0 Å². The lowest BCUT2D eigenvalue weighted by Crippen LogP contribution is -2.00. The van der Waals surface area contributed by atoms with Crippen LogP contribution in [0.3, 0.4) is 0 Å². The third-order valence-electron chi connectivity index (χ3n) is 7.40. The molecule has 0 aliphatic rings. The predicted molar refractivity (Wildman–Crippen MR) is 169 cm³/mol. The highest BCUT2D eigenvalue weighted by Gasteiger charge is 2.13. The van der Waals surface area contributed by atoms with E-state index in [-0.39, 0.29) is 0 Å². The van der Waals surface area contributed by atoms with E-state index in [4.69, 9.17) is 15.0 Å². The van der Waals surface area contributed by atoms with Gasteiger partial charge < -0.3 is 0 Å². The van der Waals surface area contributed by atoms with Crippen LogP contribution < -0.4 is 0 Å². The Bertz CT molecular complexity index is 1920. The second-order valence-electron chi connectivity index (χ2n) is 10.2. The monoisotopic (exact) mass is 525 g/mol. The van der Waals surface area contributed by atoms with Crippen LogP contribution in [0.2, 0.25) is 0 Å². The number of fused-ring (bicyclic) bond motifs is 1. The van der Waals surface area contributed by atoms with Crippen molar-refractivity contribution in [2.45, 2.75) is 6.92 Å². The van der Waals surface area contributed by atoms with E-state index in [0.717, 1.165) is 33.4 Å². The summed E-state index contributed by atoms with van der Waals surface area (Å²) in [5, 5.41) is 2.48. The topological polar surface area (TPSA) is 38.7 Å². The lowest BCUT2D eigenvalue weighted by atomic mass is 9.96. The van der Waals surface area contributed by atoms with E-state index in [9.17, 15) is 0 Å². The van der Waals surface area contributed by atoms with Gasteiger partial charge in [0.1, 0.15) is 5.82 Å². The summed E-state index contributed by atoms with van der Waals surface area (Å²) in [6, 6.07) is 50.9. The Morgan fingerprint density at radius 2 is 0.878 bits per heavy atom. The van der Waals surface area contributed by atoms with Crippen molar-refractivity contribution in [2.24, 2.45) is 0 Å². The molecule has 1 heterocycles. The fraction of sp³-hybridized carbons (Fsp3) is 0.0263. The van der Waals surface area contributed by atoms with E-state index in [0.29, 0.717) is 17.5 Å². The summed E-state index contributed by atoms with van der Waals surface area (Å²) in [6.45, 7) is 1.93. The van der Waals surface area contributed by atoms with Gasteiger partial charge in [-0.25, -0.2) is 15.0 Å². The zero-order chi connectivity index (χ0) is 27.6. The number of hydrogen-bond acceptors (Lipinski definition) is 3. The molecule has 0 fully saturated rings. The minimum Gasteiger partial charge on any atom is -0.213 e. The van der Waals surface area contributed by atoms with Gasteiger partial charge in [-0.15, -0.1) is 0 Å². The maximum absolute atomic E-state index is 4.97. The average Bonchev–Trinajstić information content (AvgIpc) is 3.05. The Morgan fingerprint density at radius 1 is 0.366 bits per heavy atom. The molecule has 194 valence electrons. The second-order valence-corrected chi connectivity index (χ2v) is 10.2. The third kappa shape index (κ3) is 5.02. The molecule has 0 N–H and O–H groups in total. The van der Waals surface area contributed by atoms with Crippen molar-refractivity contribution in [1.29, 1.82) is 0 Å². The van der Waals surface area contributed by atoms with Crippen molar-refractivity contribution in [2.75, 3.05) is 0 Å². The van der Waals surface area contributed by atoms with Crippen LogP contribution in [0.5, 0.6) is 0 Å². The Labute approximate surface area is 239 Å². The molecule has 0 aliphatic carbocycles. The molecule has 0 saturated heterocycles. The number of nitrogens with zero attached hydrogens (tertiary/aromatic N) is 3. The number of aromatic nitrogens is 3. The number of aryl methyl sites for hydroxylation is 1. The molecule has 6 aromatic carbocycles. The predicted octanol–water partition coefficient (Wildman–Crippen LogP) is 9.67. The Kier molecular flexibility index (Phi) is 6.38. The summed E-state index contributed by atoms with van der Waals surface area (Å²) < 4.78 is 0. The zero-order valence-electron chi connectivity index (χ0n) is 22.7. The van der Waals surface area contributed by atoms with Crippen molar-refractivity contribution in [3.05, 3.63) is 151 Å². The summed E-state index contributed by atoms with van der Waals surface area (Å²) in [4.78, 5) is 14.5. The quantitative estimate of drug-likeness (QED) is 0.224. The van der Waals surface area contributed by atoms with Crippen LogP contribution in [0.15, 0.2) is 146 Å². The maximum Gasteiger partial charge on any atom is 0.163 e. The van der Waals surface area contributed by atoms with Crippen molar-refractivity contribution >= 4 is 10.8 Å². The summed E-state index contributed by atoms with van der Waals surface area (Å²) >= 11 is 0. The first-order valence-electron chi connectivity index (χ1n) is 13.8. The molecule has 0 unspecified atom stereocenters. The van der Waals surface area contributed by atoms with Gasteiger partial charge in [-0.3, -0.25) is 0 Å². The van der Waals surface area contributed by atoms with E-state index >= 15 is 0 Å². The normalized spacial score (nSPS) is 11.0. The van der Waals surface area contributed by atoms with Crippen molar-refractivity contribution in [3.8, 4) is 56.2 Å². The van der Waals surface area contributed by atoms with Gasteiger partial charge in [0, 0.05) is 11.1 Å². The molecular weight excluding hydrogens is 498 g/mol. The van der Waals surface area contributed by atoms with Crippen molar-refractivity contribution in [1.82, 2.24) is 15.0 Å². The molecule has 7 aromatic rings. The lowest BCUT2D eigenvalue weighted by molar-refractivity contribution is 0.992. The summed E-state index contributed by atoms with van der Waals surface area (Å²) in [6.07, 6.45) is 0. The number of rotatable bonds is 5. The third-order valence-corrected chi connectivity index (χ3v) is 7.40. The Balaban J connectivity index is 1.30. The second kappa shape index (κ2) is 10.6. The van der Waals surface area contributed by atoms with Crippen LogP contribution in [-0.4, -0.2) is 15.0 Å². The number of benzene rings is 6. The molecule has 0 amide bonds. The molecular formula is C38H27N3. The van der Waals surface area contributed by atoms with Crippen LogP contribution >= 0.6 is 0 Å². The Hall–Kier alpha value is -5.41. The standard InChI is InChI=1S/C38H27N3/c1-26-39-37(31-21-19-30(20-22-31)36-18-10-16-29-15-8-9-17-35(29)36)41-38(40-26)34-24-32(27-11-4-2-5-12-27)23-33(25-34)28-13-6-3-7-14-28/h2-25H,1H3. The molecule has 3 heteroatoms. The molecule has 0 spiro atoms. The van der Waals surface area contributed by atoms with Gasteiger partial charge in [0.05, 0.1) is 0 Å². The number of hydrogen-bond donors (Lipinski definition) is 0. The van der Waals surface area contributed by atoms with Crippen LogP contribution in [0.1, 0.15) is 5.82 Å². The van der Waals surface area contributed by atoms with E-state index in [1.807, 2.05) is 19.1 Å². The van der Waals surface area contributed by atoms with Gasteiger partial charge in [-0.05, 0) is 69.3 Å². The van der Waals surface area contributed by atoms with E-state index in [1.54, 1.807) is 0 Å². The van der Waals surface area contributed by atoms with Crippen molar-refractivity contribution < 1.29 is 0 Å². The van der Waals surface area contributed by atoms with E-state index in [2.05, 4.69) is 133 Å². The lowest BCUT2D eigenvalue weighted by Gasteiger charge is -2.12. The first kappa shape index (κ1) is 24.6. The van der Waals surface area contributed by atoms with Gasteiger partial charge in [-0.1, -0.05) is 127 Å².